The van der Waals surface area contributed by atoms with Gasteiger partial charge in [-0.1, -0.05) is 0 Å². The molecule has 8 heteroatoms. The summed E-state index contributed by atoms with van der Waals surface area (Å²) in [5, 5.41) is 11.4. The van der Waals surface area contributed by atoms with Gasteiger partial charge in [0.05, 0.1) is 18.5 Å². The molecule has 0 saturated heterocycles. The second-order valence-electron chi connectivity index (χ2n) is 4.69. The van der Waals surface area contributed by atoms with Crippen LogP contribution < -0.4 is 0 Å². The van der Waals surface area contributed by atoms with E-state index in [1.54, 1.807) is 26.0 Å². The minimum Gasteiger partial charge on any atom is -0.358 e. The summed E-state index contributed by atoms with van der Waals surface area (Å²) in [6.07, 6.45) is 4.69. The third-order valence-corrected chi connectivity index (χ3v) is 2.47. The molecule has 0 aliphatic carbocycles. The Morgan fingerprint density at radius 3 is 2.42 bits per heavy atom. The van der Waals surface area contributed by atoms with E-state index in [1.807, 2.05) is 0 Å². The largest absolute Gasteiger partial charge is 0.358 e. The van der Waals surface area contributed by atoms with Crippen LogP contribution >= 0.6 is 0 Å². The molecule has 0 spiro atoms. The summed E-state index contributed by atoms with van der Waals surface area (Å²) in [5.74, 6) is 0.0507. The van der Waals surface area contributed by atoms with E-state index in [2.05, 4.69) is 21.9 Å². The van der Waals surface area contributed by atoms with E-state index in [0.717, 1.165) is 6.20 Å². The number of Topliss-reactive ketones (excluding diaryl/α,β-unsaturated/α-hetero) is 1. The van der Waals surface area contributed by atoms with Crippen LogP contribution in [0.25, 0.3) is 5.82 Å². The van der Waals surface area contributed by atoms with Crippen LogP contribution in [0, 0.1) is 20.2 Å². The normalized spacial score (nSPS) is 9.42. The van der Waals surface area contributed by atoms with Crippen molar-refractivity contribution in [3.63, 3.8) is 0 Å². The van der Waals surface area contributed by atoms with Gasteiger partial charge >= 0.3 is 0 Å². The molecule has 0 aliphatic rings. The van der Waals surface area contributed by atoms with Crippen molar-refractivity contribution in [2.24, 2.45) is 0 Å². The summed E-state index contributed by atoms with van der Waals surface area (Å²) in [7, 11) is 0. The van der Waals surface area contributed by atoms with Crippen LogP contribution in [0.15, 0.2) is 30.7 Å². The number of pyridine rings is 1. The van der Waals surface area contributed by atoms with Crippen LogP contribution in [0.2, 0.25) is 0 Å². The van der Waals surface area contributed by atoms with Gasteiger partial charge in [0, 0.05) is 44.5 Å². The Labute approximate surface area is 167 Å². The maximum Gasteiger partial charge on any atom is 0.161 e. The van der Waals surface area contributed by atoms with Crippen molar-refractivity contribution in [1.29, 1.82) is 0 Å². The SMILES string of the molecule is CC(C)OO.[CH2-]CCC(=O)c1ccc(-n2cc(F)cn2)nc1.[CH3-].[Y]. The van der Waals surface area contributed by atoms with Crippen LogP contribution in [-0.4, -0.2) is 31.9 Å². The smallest absolute Gasteiger partial charge is 0.161 e. The van der Waals surface area contributed by atoms with E-state index in [-0.39, 0.29) is 52.0 Å². The summed E-state index contributed by atoms with van der Waals surface area (Å²) in [5.41, 5.74) is 0.532. The molecule has 1 N–H and O–H groups in total. The third-order valence-electron chi connectivity index (χ3n) is 2.47. The Balaban J connectivity index is 0. The molecule has 6 nitrogen and oxygen atoms in total. The monoisotopic (exact) mass is 412 g/mol. The molecule has 0 aliphatic heterocycles. The average molecular weight is 412 g/mol. The first-order valence-corrected chi connectivity index (χ1v) is 6.77. The van der Waals surface area contributed by atoms with Crippen molar-refractivity contribution in [2.45, 2.75) is 32.8 Å². The minimum atomic E-state index is -0.427. The number of rotatable bonds is 5. The molecule has 0 saturated carbocycles. The zero-order chi connectivity index (χ0) is 16.5. The first-order valence-electron chi connectivity index (χ1n) is 6.77. The van der Waals surface area contributed by atoms with Crippen LogP contribution in [0.5, 0.6) is 0 Å². The number of hydrogen-bond acceptors (Lipinski definition) is 5. The second kappa shape index (κ2) is 13.3. The van der Waals surface area contributed by atoms with Crippen LogP contribution in [0.1, 0.15) is 37.0 Å². The third kappa shape index (κ3) is 8.73. The predicted octanol–water partition coefficient (Wildman–Crippen LogP) is 3.54. The molecule has 0 fully saturated rings. The van der Waals surface area contributed by atoms with Gasteiger partial charge in [0.25, 0.3) is 0 Å². The molecule has 0 atom stereocenters. The van der Waals surface area contributed by atoms with Crippen molar-refractivity contribution in [1.82, 2.24) is 14.8 Å². The zero-order valence-electron chi connectivity index (χ0n) is 14.1. The van der Waals surface area contributed by atoms with Crippen LogP contribution in [-0.2, 0) is 37.6 Å². The van der Waals surface area contributed by atoms with Gasteiger partial charge in [0.2, 0.25) is 0 Å². The molecule has 2 heterocycles. The zero-order valence-corrected chi connectivity index (χ0v) is 17.0. The molecule has 24 heavy (non-hydrogen) atoms. The van der Waals surface area contributed by atoms with E-state index in [0.29, 0.717) is 24.2 Å². The summed E-state index contributed by atoms with van der Waals surface area (Å²) < 4.78 is 14.1. The summed E-state index contributed by atoms with van der Waals surface area (Å²) in [4.78, 5) is 19.3. The molecule has 2 aromatic heterocycles. The van der Waals surface area contributed by atoms with Gasteiger partial charge in [-0.25, -0.2) is 18.9 Å². The molecule has 0 aromatic carbocycles. The standard InChI is InChI=1S/C12H11FN3O.C3H8O2.CH3.Y/c1-2-3-11(17)9-4-5-12(14-6-9)16-8-10(13)7-15-16;1-3(2)5-4;;/h4-8H,1-3H2;3-4H,1-2H3;1H3;/q-1;;-1;. The predicted molar refractivity (Wildman–Crippen MR) is 85.5 cm³/mol. The maximum absolute atomic E-state index is 12.7. The summed E-state index contributed by atoms with van der Waals surface area (Å²) >= 11 is 0. The topological polar surface area (TPSA) is 77.2 Å². The Kier molecular flexibility index (Phi) is 14.0. The maximum atomic E-state index is 12.7. The summed E-state index contributed by atoms with van der Waals surface area (Å²) in [6.45, 7) is 7.12. The number of aromatic nitrogens is 3. The van der Waals surface area contributed by atoms with E-state index in [1.165, 1.54) is 17.1 Å². The Bertz CT molecular complexity index is 589. The fourth-order valence-electron chi connectivity index (χ4n) is 1.42. The van der Waals surface area contributed by atoms with Crippen molar-refractivity contribution >= 4 is 5.78 Å². The van der Waals surface area contributed by atoms with Gasteiger partial charge in [-0.15, -0.1) is 0 Å². The molecule has 0 amide bonds. The minimum absolute atomic E-state index is 0. The average Bonchev–Trinajstić information content (AvgIpc) is 2.95. The number of nitrogens with zero attached hydrogens (tertiary/aromatic N) is 3. The molecule has 1 radical (unpaired) electrons. The quantitative estimate of drug-likeness (QED) is 0.352. The first-order chi connectivity index (χ1) is 10.5. The van der Waals surface area contributed by atoms with E-state index in [9.17, 15) is 9.18 Å². The number of hydrogen-bond donors (Lipinski definition) is 1. The van der Waals surface area contributed by atoms with Gasteiger partial charge in [-0.05, 0) is 32.4 Å². The van der Waals surface area contributed by atoms with Crippen LogP contribution in [0.4, 0.5) is 4.39 Å². The molecule has 2 rings (SSSR count). The van der Waals surface area contributed by atoms with Crippen molar-refractivity contribution in [3.8, 4) is 5.82 Å². The number of carbonyl (C=O) groups is 1. The Morgan fingerprint density at radius 1 is 1.42 bits per heavy atom. The van der Waals surface area contributed by atoms with E-state index in [4.69, 9.17) is 5.26 Å². The number of carbonyl (C=O) groups excluding carboxylic acids is 1. The van der Waals surface area contributed by atoms with Crippen LogP contribution in [0.3, 0.4) is 0 Å². The number of halogens is 1. The molecule has 0 bridgehead atoms. The molecule has 131 valence electrons. The Hall–Kier alpha value is -1.02. The van der Waals surface area contributed by atoms with Gasteiger partial charge in [0.15, 0.2) is 17.4 Å². The van der Waals surface area contributed by atoms with Gasteiger partial charge < -0.3 is 14.4 Å². The molecular weight excluding hydrogens is 390 g/mol. The first kappa shape index (κ1) is 25.2. The van der Waals surface area contributed by atoms with Gasteiger partial charge in [-0.2, -0.15) is 11.5 Å². The molecule has 2 aromatic rings. The van der Waals surface area contributed by atoms with Crippen molar-refractivity contribution in [2.75, 3.05) is 0 Å². The van der Waals surface area contributed by atoms with Gasteiger partial charge in [0.1, 0.15) is 0 Å². The van der Waals surface area contributed by atoms with Crippen molar-refractivity contribution < 1.29 is 52.0 Å². The van der Waals surface area contributed by atoms with E-state index < -0.39 is 5.82 Å². The molecular formula is C16H22FN3O3Y-2. The fourth-order valence-corrected chi connectivity index (χ4v) is 1.42. The second-order valence-corrected chi connectivity index (χ2v) is 4.69. The van der Waals surface area contributed by atoms with Gasteiger partial charge in [-0.3, -0.25) is 10.1 Å². The van der Waals surface area contributed by atoms with E-state index >= 15 is 0 Å². The number of ketones is 1. The molecule has 0 unspecified atom stereocenters. The summed E-state index contributed by atoms with van der Waals surface area (Å²) in [6, 6.07) is 3.28. The van der Waals surface area contributed by atoms with Crippen molar-refractivity contribution in [3.05, 3.63) is 56.5 Å². The fraction of sp³-hybridized carbons (Fsp3) is 0.312. The Morgan fingerprint density at radius 2 is 2.04 bits per heavy atom.